The Balaban J connectivity index is -0.000000104. The summed E-state index contributed by atoms with van der Waals surface area (Å²) in [5.74, 6) is -0.388. The van der Waals surface area contributed by atoms with E-state index in [1.807, 2.05) is 0 Å². The number of nitrogens with zero attached hydrogens (tertiary/aromatic N) is 4. The third kappa shape index (κ3) is 12.1. The Morgan fingerprint density at radius 3 is 2.03 bits per heavy atom. The van der Waals surface area contributed by atoms with Gasteiger partial charge in [0.1, 0.15) is 30.5 Å². The molecule has 190 valence electrons. The average molecular weight is 536 g/mol. The van der Waals surface area contributed by atoms with Gasteiger partial charge in [0.05, 0.1) is 20.8 Å². The molecule has 1 amide bonds. The minimum Gasteiger partial charge on any atom is -0.790 e. The monoisotopic (exact) mass is 536 g/mol. The van der Waals surface area contributed by atoms with Crippen LogP contribution < -0.4 is 68.9 Å². The van der Waals surface area contributed by atoms with Crippen molar-refractivity contribution >= 4 is 32.2 Å². The molecule has 3 aliphatic rings. The van der Waals surface area contributed by atoms with Gasteiger partial charge in [-0.1, -0.05) is 0 Å². The standard InChI is InChI=1S/C10H13N4O8P.2Na.8H2O/c15-6-4(1-21-23(18,19)20)22-10(7(6)16)14-3-13-5-8(14)11-2-12-9(5)17;;;;;;;;;;/h2-7,10,15-16H,1H2,(H2,18,19,20);;;8*1H2/q;2*+1;;;;;;;;/p-2. The first-order valence-electron chi connectivity index (χ1n) is 6.42. The van der Waals surface area contributed by atoms with Crippen molar-refractivity contribution in [2.45, 2.75) is 30.6 Å². The Morgan fingerprint density at radius 2 is 1.55 bits per heavy atom. The number of hydrogen-bond acceptors (Lipinski definition) is 11. The van der Waals surface area contributed by atoms with E-state index in [2.05, 4.69) is 19.5 Å². The van der Waals surface area contributed by atoms with Gasteiger partial charge in [0.2, 0.25) is 0 Å². The fraction of sp³-hybridized carbons (Fsp3) is 0.600. The first-order chi connectivity index (χ1) is 10.8. The third-order valence-electron chi connectivity index (χ3n) is 3.47. The second-order valence-corrected chi connectivity index (χ2v) is 6.09. The first kappa shape index (κ1) is 54.2. The van der Waals surface area contributed by atoms with Gasteiger partial charge in [-0.05, 0) is 0 Å². The molecule has 0 aliphatic carbocycles. The maximum atomic E-state index is 11.6. The van der Waals surface area contributed by atoms with Gasteiger partial charge < -0.3 is 77.6 Å². The van der Waals surface area contributed by atoms with Crippen molar-refractivity contribution in [3.63, 3.8) is 0 Å². The minimum absolute atomic E-state index is 0. The molecular weight excluding hydrogens is 509 g/mol. The summed E-state index contributed by atoms with van der Waals surface area (Å²) in [6.07, 6.45) is -3.18. The quantitative estimate of drug-likeness (QED) is 0.254. The topological polar surface area (TPSA) is 432 Å². The Kier molecular flexibility index (Phi) is 35.2. The van der Waals surface area contributed by atoms with Gasteiger partial charge in [0, 0.05) is 0 Å². The molecular formula is C10H27N4Na2O16P. The molecule has 1 fully saturated rings. The molecule has 5 atom stereocenters. The molecule has 0 aromatic heterocycles. The number of phosphoric ester groups is 1. The van der Waals surface area contributed by atoms with Gasteiger partial charge in [0.25, 0.3) is 5.91 Å². The number of ether oxygens (including phenoxy) is 1. The maximum absolute atomic E-state index is 11.6. The summed E-state index contributed by atoms with van der Waals surface area (Å²) in [5, 5.41) is 19.9. The number of aliphatic hydroxyl groups is 2. The summed E-state index contributed by atoms with van der Waals surface area (Å²) < 4.78 is 19.9. The number of aliphatic hydroxyl groups excluding tert-OH is 2. The van der Waals surface area contributed by atoms with Crippen LogP contribution in [0.2, 0.25) is 0 Å². The number of hydrogen-bond donors (Lipinski definition) is 2. The number of phosphoric acid groups is 1. The predicted octanol–water partition coefficient (Wildman–Crippen LogP) is -16.6. The molecule has 3 rings (SSSR count). The van der Waals surface area contributed by atoms with Crippen LogP contribution >= 0.6 is 7.82 Å². The molecule has 23 heteroatoms. The van der Waals surface area contributed by atoms with E-state index >= 15 is 0 Å². The van der Waals surface area contributed by atoms with E-state index in [-0.39, 0.29) is 109 Å². The normalized spacial score (nSPS) is 25.5. The van der Waals surface area contributed by atoms with E-state index in [1.165, 1.54) is 11.2 Å². The van der Waals surface area contributed by atoms with Crippen LogP contribution in [-0.2, 0) is 18.6 Å². The van der Waals surface area contributed by atoms with E-state index in [1.54, 1.807) is 0 Å². The molecule has 33 heavy (non-hydrogen) atoms. The summed E-state index contributed by atoms with van der Waals surface area (Å²) >= 11 is 0. The molecule has 0 saturated carbocycles. The van der Waals surface area contributed by atoms with E-state index in [0.717, 1.165) is 6.34 Å². The molecule has 0 radical (unpaired) electrons. The van der Waals surface area contributed by atoms with Gasteiger partial charge >= 0.3 is 59.1 Å². The first-order valence-corrected chi connectivity index (χ1v) is 7.88. The summed E-state index contributed by atoms with van der Waals surface area (Å²) in [6.45, 7) is -0.750. The van der Waals surface area contributed by atoms with Crippen molar-refractivity contribution < 1.29 is 142 Å². The molecule has 0 aromatic rings. The Bertz CT molecular complexity index is 665. The van der Waals surface area contributed by atoms with Crippen LogP contribution in [-0.4, -0.2) is 121 Å². The second-order valence-electron chi connectivity index (χ2n) is 4.93. The van der Waals surface area contributed by atoms with Crippen molar-refractivity contribution in [3.05, 3.63) is 0 Å². The van der Waals surface area contributed by atoms with Crippen LogP contribution in [0.5, 0.6) is 0 Å². The Hall–Kier alpha value is 0.150. The largest absolute Gasteiger partial charge is 1.00 e. The number of carbonyl (C=O) groups excluding carboxylic acids is 1. The molecule has 3 aliphatic heterocycles. The number of amidine groups is 1. The molecule has 20 nitrogen and oxygen atoms in total. The second kappa shape index (κ2) is 21.4. The van der Waals surface area contributed by atoms with Crippen molar-refractivity contribution in [1.82, 2.24) is 4.90 Å². The zero-order valence-electron chi connectivity index (χ0n) is 17.3. The van der Waals surface area contributed by atoms with Crippen molar-refractivity contribution in [1.29, 1.82) is 0 Å². The van der Waals surface area contributed by atoms with Crippen LogP contribution in [0, 0.1) is 0 Å². The zero-order valence-corrected chi connectivity index (χ0v) is 22.2. The number of carbonyl (C=O) groups is 1. The van der Waals surface area contributed by atoms with Crippen LogP contribution in [0.15, 0.2) is 15.0 Å². The Labute approximate surface area is 229 Å². The molecule has 0 bridgehead atoms. The molecule has 5 unspecified atom stereocenters. The van der Waals surface area contributed by atoms with E-state index < -0.39 is 50.9 Å². The van der Waals surface area contributed by atoms with Gasteiger partial charge in [0.15, 0.2) is 12.3 Å². The summed E-state index contributed by atoms with van der Waals surface area (Å²) in [6, 6.07) is -0.952. The number of rotatable bonds is 4. The third-order valence-corrected chi connectivity index (χ3v) is 3.93. The van der Waals surface area contributed by atoms with Gasteiger partial charge in [-0.25, -0.2) is 4.99 Å². The van der Waals surface area contributed by atoms with Crippen molar-refractivity contribution in [3.8, 4) is 0 Å². The average Bonchev–Trinajstić information content (AvgIpc) is 3.01. The molecule has 18 N–H and O–H groups in total. The van der Waals surface area contributed by atoms with E-state index in [4.69, 9.17) is 4.74 Å². The minimum atomic E-state index is -5.24. The van der Waals surface area contributed by atoms with Crippen LogP contribution in [0.1, 0.15) is 0 Å². The molecule has 1 saturated heterocycles. The van der Waals surface area contributed by atoms with E-state index in [9.17, 15) is 29.4 Å². The summed E-state index contributed by atoms with van der Waals surface area (Å²) in [7, 11) is -5.24. The number of amides is 1. The maximum Gasteiger partial charge on any atom is 1.00 e. The van der Waals surface area contributed by atoms with Crippen LogP contribution in [0.4, 0.5) is 0 Å². The summed E-state index contributed by atoms with van der Waals surface area (Å²) in [4.78, 5) is 45.0. The molecule has 0 spiro atoms. The van der Waals surface area contributed by atoms with Crippen molar-refractivity contribution in [2.24, 2.45) is 15.0 Å². The molecule has 3 heterocycles. The van der Waals surface area contributed by atoms with Crippen molar-refractivity contribution in [2.75, 3.05) is 6.61 Å². The fourth-order valence-electron chi connectivity index (χ4n) is 2.39. The van der Waals surface area contributed by atoms with E-state index in [0.29, 0.717) is 0 Å². The van der Waals surface area contributed by atoms with Gasteiger partial charge in [-0.3, -0.25) is 14.7 Å². The predicted molar refractivity (Wildman–Crippen MR) is 98.2 cm³/mol. The number of aliphatic imine (C=N–C) groups is 3. The Morgan fingerprint density at radius 1 is 1.03 bits per heavy atom. The van der Waals surface area contributed by atoms with Gasteiger partial charge in [-0.15, -0.1) is 0 Å². The smallest absolute Gasteiger partial charge is 0.790 e. The molecule has 0 aromatic carbocycles. The SMILES string of the molecule is O.O.O.O.O.O.O.O.O=C1N=CN=C2C1N=CN2C1OC(COP(=O)([O-])[O-])C(O)C1O.[Na+].[Na+]. The zero-order chi connectivity index (χ0) is 16.8. The fourth-order valence-corrected chi connectivity index (χ4v) is 2.72. The van der Waals surface area contributed by atoms with Crippen LogP contribution in [0.3, 0.4) is 0 Å². The van der Waals surface area contributed by atoms with Crippen LogP contribution in [0.25, 0.3) is 0 Å². The summed E-state index contributed by atoms with van der Waals surface area (Å²) in [5.41, 5.74) is 0. The van der Waals surface area contributed by atoms with Gasteiger partial charge in [-0.2, -0.15) is 4.99 Å². The number of fused-ring (bicyclic) bond motifs is 1.